The third-order valence-corrected chi connectivity index (χ3v) is 5.81. The molecule has 1 saturated heterocycles. The highest BCUT2D eigenvalue weighted by Crippen LogP contribution is 2.27. The highest BCUT2D eigenvalue weighted by molar-refractivity contribution is 7.99. The Labute approximate surface area is 169 Å². The number of nitrogens with one attached hydrogen (secondary N) is 1. The van der Waals surface area contributed by atoms with E-state index in [1.165, 1.54) is 18.2 Å². The Morgan fingerprint density at radius 3 is 2.74 bits per heavy atom. The van der Waals surface area contributed by atoms with Crippen molar-refractivity contribution in [1.82, 2.24) is 9.97 Å². The number of rotatable bonds is 5. The first-order valence-corrected chi connectivity index (χ1v) is 10.5. The number of amides is 1. The minimum absolute atomic E-state index is 0.0780. The molecule has 0 spiro atoms. The molecule has 27 heavy (non-hydrogen) atoms. The molecule has 2 heterocycles. The van der Waals surface area contributed by atoms with Gasteiger partial charge in [-0.25, -0.2) is 9.97 Å². The van der Waals surface area contributed by atoms with Crippen LogP contribution in [0.1, 0.15) is 25.8 Å². The lowest BCUT2D eigenvalue weighted by Crippen LogP contribution is -2.39. The maximum absolute atomic E-state index is 12.3. The van der Waals surface area contributed by atoms with Gasteiger partial charge in [0.25, 0.3) is 0 Å². The maximum Gasteiger partial charge on any atom is 0.234 e. The molecule has 0 aliphatic carbocycles. The van der Waals surface area contributed by atoms with Crippen molar-refractivity contribution in [3.05, 3.63) is 41.2 Å². The number of anilines is 2. The van der Waals surface area contributed by atoms with E-state index >= 15 is 0 Å². The molecule has 144 valence electrons. The zero-order valence-corrected chi connectivity index (χ0v) is 17.5. The highest BCUT2D eigenvalue weighted by Gasteiger charge is 2.23. The van der Waals surface area contributed by atoms with Gasteiger partial charge in [-0.15, -0.1) is 0 Å². The van der Waals surface area contributed by atoms with Crippen LogP contribution in [0.15, 0.2) is 35.6 Å². The minimum atomic E-state index is -0.0780. The lowest BCUT2D eigenvalue weighted by molar-refractivity contribution is -0.113. The SMILES string of the molecule is Cc1ccc(Cl)cc1NC(=O)CSc1cc(N2C[C@H](C)C[C@H](C)C2)ncn1. The Morgan fingerprint density at radius 1 is 1.26 bits per heavy atom. The molecule has 1 fully saturated rings. The van der Waals surface area contributed by atoms with Crippen LogP contribution >= 0.6 is 23.4 Å². The quantitative estimate of drug-likeness (QED) is 0.580. The molecule has 5 nitrogen and oxygen atoms in total. The highest BCUT2D eigenvalue weighted by atomic mass is 35.5. The number of halogens is 1. The molecule has 0 radical (unpaired) electrons. The Morgan fingerprint density at radius 2 is 2.00 bits per heavy atom. The Hall–Kier alpha value is -1.79. The minimum Gasteiger partial charge on any atom is -0.356 e. The zero-order valence-electron chi connectivity index (χ0n) is 15.9. The van der Waals surface area contributed by atoms with Gasteiger partial charge in [-0.1, -0.05) is 43.3 Å². The van der Waals surface area contributed by atoms with E-state index in [1.807, 2.05) is 25.1 Å². The van der Waals surface area contributed by atoms with Gasteiger partial charge in [0.05, 0.1) is 5.75 Å². The number of aromatic nitrogens is 2. The topological polar surface area (TPSA) is 58.1 Å². The predicted octanol–water partition coefficient (Wildman–Crippen LogP) is 4.65. The van der Waals surface area contributed by atoms with Crippen molar-refractivity contribution in [2.75, 3.05) is 29.1 Å². The molecule has 1 aliphatic heterocycles. The fourth-order valence-electron chi connectivity index (χ4n) is 3.49. The van der Waals surface area contributed by atoms with Crippen molar-refractivity contribution in [2.24, 2.45) is 11.8 Å². The summed E-state index contributed by atoms with van der Waals surface area (Å²) in [5.41, 5.74) is 1.73. The summed E-state index contributed by atoms with van der Waals surface area (Å²) in [5.74, 6) is 2.47. The molecule has 2 atom stereocenters. The van der Waals surface area contributed by atoms with E-state index in [1.54, 1.807) is 12.4 Å². The molecule has 2 aromatic rings. The molecule has 7 heteroatoms. The Bertz CT molecular complexity index is 806. The van der Waals surface area contributed by atoms with Gasteiger partial charge in [0.2, 0.25) is 5.91 Å². The van der Waals surface area contributed by atoms with Gasteiger partial charge in [0.1, 0.15) is 17.2 Å². The van der Waals surface area contributed by atoms with Gasteiger partial charge >= 0.3 is 0 Å². The number of piperidine rings is 1. The van der Waals surface area contributed by atoms with Crippen LogP contribution in [0.3, 0.4) is 0 Å². The van der Waals surface area contributed by atoms with Gasteiger partial charge in [-0.2, -0.15) is 0 Å². The summed E-state index contributed by atoms with van der Waals surface area (Å²) in [5, 5.41) is 4.33. The van der Waals surface area contributed by atoms with Gasteiger partial charge < -0.3 is 10.2 Å². The van der Waals surface area contributed by atoms with Crippen molar-refractivity contribution < 1.29 is 4.79 Å². The second-order valence-corrected chi connectivity index (χ2v) is 8.79. The number of thioether (sulfide) groups is 1. The van der Waals surface area contributed by atoms with Crippen LogP contribution in [-0.2, 0) is 4.79 Å². The largest absolute Gasteiger partial charge is 0.356 e. The lowest BCUT2D eigenvalue weighted by Gasteiger charge is -2.35. The van der Waals surface area contributed by atoms with E-state index in [0.717, 1.165) is 35.2 Å². The Balaban J connectivity index is 1.59. The standard InChI is InChI=1S/C20H25ClN4OS/c1-13-6-14(2)10-25(9-13)18-8-20(23-12-22-18)27-11-19(26)24-17-7-16(21)5-4-15(17)3/h4-5,7-8,12-14H,6,9-11H2,1-3H3,(H,24,26)/t13-,14+. The first-order valence-electron chi connectivity index (χ1n) is 9.16. The number of aryl methyl sites for hydroxylation is 1. The van der Waals surface area contributed by atoms with E-state index < -0.39 is 0 Å². The number of carbonyl (C=O) groups is 1. The molecule has 0 saturated carbocycles. The van der Waals surface area contributed by atoms with Crippen molar-refractivity contribution in [1.29, 1.82) is 0 Å². The summed E-state index contributed by atoms with van der Waals surface area (Å²) >= 11 is 7.42. The average Bonchev–Trinajstić information content (AvgIpc) is 2.62. The molecule has 1 amide bonds. The summed E-state index contributed by atoms with van der Waals surface area (Å²) in [4.78, 5) is 23.4. The van der Waals surface area contributed by atoms with Crippen LogP contribution in [0.2, 0.25) is 5.02 Å². The number of carbonyl (C=O) groups excluding carboxylic acids is 1. The average molecular weight is 405 g/mol. The monoisotopic (exact) mass is 404 g/mol. The molecule has 1 aromatic heterocycles. The zero-order chi connectivity index (χ0) is 19.4. The van der Waals surface area contributed by atoms with Crippen molar-refractivity contribution in [3.63, 3.8) is 0 Å². The van der Waals surface area contributed by atoms with Crippen molar-refractivity contribution in [2.45, 2.75) is 32.2 Å². The molecular weight excluding hydrogens is 380 g/mol. The molecular formula is C20H25ClN4OS. The van der Waals surface area contributed by atoms with Crippen LogP contribution in [0.25, 0.3) is 0 Å². The van der Waals surface area contributed by atoms with E-state index in [9.17, 15) is 4.79 Å². The van der Waals surface area contributed by atoms with E-state index in [0.29, 0.717) is 16.9 Å². The van der Waals surface area contributed by atoms with Gasteiger partial charge in [0, 0.05) is 29.9 Å². The predicted molar refractivity (Wildman–Crippen MR) is 113 cm³/mol. The van der Waals surface area contributed by atoms with Gasteiger partial charge in [0.15, 0.2) is 0 Å². The summed E-state index contributed by atoms with van der Waals surface area (Å²) in [6, 6.07) is 7.45. The molecule has 3 rings (SSSR count). The second-order valence-electron chi connectivity index (χ2n) is 7.36. The maximum atomic E-state index is 12.3. The second kappa shape index (κ2) is 8.93. The van der Waals surface area contributed by atoms with E-state index in [-0.39, 0.29) is 11.7 Å². The summed E-state index contributed by atoms with van der Waals surface area (Å²) in [6.45, 7) is 8.53. The molecule has 0 bridgehead atoms. The number of hydrogen-bond acceptors (Lipinski definition) is 5. The number of hydrogen-bond donors (Lipinski definition) is 1. The van der Waals surface area contributed by atoms with Gasteiger partial charge in [-0.05, 0) is 42.9 Å². The number of benzene rings is 1. The molecule has 0 unspecified atom stereocenters. The lowest BCUT2D eigenvalue weighted by atomic mass is 9.92. The summed E-state index contributed by atoms with van der Waals surface area (Å²) < 4.78 is 0. The van der Waals surface area contributed by atoms with E-state index in [4.69, 9.17) is 11.6 Å². The Kier molecular flexibility index (Phi) is 6.60. The fourth-order valence-corrected chi connectivity index (χ4v) is 4.32. The summed E-state index contributed by atoms with van der Waals surface area (Å²) in [6.07, 6.45) is 2.84. The normalized spacial score (nSPS) is 19.8. The molecule has 1 N–H and O–H groups in total. The van der Waals surface area contributed by atoms with Crippen LogP contribution in [-0.4, -0.2) is 34.7 Å². The van der Waals surface area contributed by atoms with E-state index in [2.05, 4.69) is 34.0 Å². The van der Waals surface area contributed by atoms with Crippen LogP contribution < -0.4 is 10.2 Å². The van der Waals surface area contributed by atoms with Gasteiger partial charge in [-0.3, -0.25) is 4.79 Å². The summed E-state index contributed by atoms with van der Waals surface area (Å²) in [7, 11) is 0. The number of nitrogens with zero attached hydrogens (tertiary/aromatic N) is 3. The molecule has 1 aliphatic rings. The van der Waals surface area contributed by atoms with Crippen LogP contribution in [0.4, 0.5) is 11.5 Å². The van der Waals surface area contributed by atoms with Crippen molar-refractivity contribution in [3.8, 4) is 0 Å². The third-order valence-electron chi connectivity index (χ3n) is 4.65. The van der Waals surface area contributed by atoms with Crippen LogP contribution in [0.5, 0.6) is 0 Å². The smallest absolute Gasteiger partial charge is 0.234 e. The molecule has 1 aromatic carbocycles. The third kappa shape index (κ3) is 5.59. The first-order chi connectivity index (χ1) is 12.9. The fraction of sp³-hybridized carbons (Fsp3) is 0.450. The van der Waals surface area contributed by atoms with Crippen molar-refractivity contribution >= 4 is 40.8 Å². The first kappa shape index (κ1) is 20.0. The van der Waals surface area contributed by atoms with Crippen LogP contribution in [0, 0.1) is 18.8 Å².